The van der Waals surface area contributed by atoms with E-state index in [0.29, 0.717) is 6.54 Å². The number of carbonyl (C=O) groups excluding carboxylic acids is 1. The highest BCUT2D eigenvalue weighted by Crippen LogP contribution is 2.40. The fourth-order valence-corrected chi connectivity index (χ4v) is 4.51. The van der Waals surface area contributed by atoms with Crippen molar-refractivity contribution < 1.29 is 9.53 Å². The van der Waals surface area contributed by atoms with Gasteiger partial charge in [0.15, 0.2) is 0 Å². The third-order valence-corrected chi connectivity index (χ3v) is 5.90. The minimum absolute atomic E-state index is 0.0186. The molecule has 1 amide bonds. The number of hydrogen-bond donors (Lipinski definition) is 1. The molecule has 134 valence electrons. The van der Waals surface area contributed by atoms with Gasteiger partial charge in [-0.15, -0.1) is 11.3 Å². The Morgan fingerprint density at radius 1 is 1.31 bits per heavy atom. The summed E-state index contributed by atoms with van der Waals surface area (Å²) in [5.41, 5.74) is 3.80. The van der Waals surface area contributed by atoms with Crippen LogP contribution in [0.25, 0.3) is 10.4 Å². The zero-order valence-corrected chi connectivity index (χ0v) is 15.5. The lowest BCUT2D eigenvalue weighted by molar-refractivity contribution is 0.0956. The molecular formula is C20H21N3O2S. The molecule has 0 spiro atoms. The zero-order valence-electron chi connectivity index (χ0n) is 14.7. The smallest absolute Gasteiger partial charge is 0.261 e. The molecule has 1 aromatic carbocycles. The van der Waals surface area contributed by atoms with Crippen LogP contribution in [0.2, 0.25) is 0 Å². The van der Waals surface area contributed by atoms with E-state index in [1.807, 2.05) is 16.8 Å². The van der Waals surface area contributed by atoms with Gasteiger partial charge in [0.25, 0.3) is 5.91 Å². The Balaban J connectivity index is 1.42. The molecule has 3 aromatic rings. The van der Waals surface area contributed by atoms with Crippen LogP contribution in [0.5, 0.6) is 5.75 Å². The summed E-state index contributed by atoms with van der Waals surface area (Å²) >= 11 is 1.59. The van der Waals surface area contributed by atoms with Crippen LogP contribution in [0.3, 0.4) is 0 Å². The van der Waals surface area contributed by atoms with Crippen LogP contribution in [-0.2, 0) is 19.4 Å². The number of fused-ring (bicyclic) bond motifs is 3. The van der Waals surface area contributed by atoms with Crippen molar-refractivity contribution in [1.29, 1.82) is 0 Å². The third-order valence-electron chi connectivity index (χ3n) is 4.69. The molecule has 0 fully saturated rings. The van der Waals surface area contributed by atoms with E-state index in [1.165, 1.54) is 21.6 Å². The minimum Gasteiger partial charge on any atom is -0.497 e. The Morgan fingerprint density at radius 3 is 3.00 bits per heavy atom. The molecule has 0 radical (unpaired) electrons. The maximum atomic E-state index is 12.5. The molecule has 0 unspecified atom stereocenters. The summed E-state index contributed by atoms with van der Waals surface area (Å²) in [4.78, 5) is 18.5. The molecule has 5 nitrogen and oxygen atoms in total. The summed E-state index contributed by atoms with van der Waals surface area (Å²) in [6.07, 6.45) is 8.34. The fourth-order valence-electron chi connectivity index (χ4n) is 3.32. The summed E-state index contributed by atoms with van der Waals surface area (Å²) in [7, 11) is 1.69. The minimum atomic E-state index is 0.0186. The lowest BCUT2D eigenvalue weighted by Crippen LogP contribution is -2.24. The Bertz CT molecular complexity index is 915. The Morgan fingerprint density at radius 2 is 2.19 bits per heavy atom. The van der Waals surface area contributed by atoms with Crippen LogP contribution in [0.1, 0.15) is 27.2 Å². The van der Waals surface area contributed by atoms with Gasteiger partial charge in [0.1, 0.15) is 5.75 Å². The van der Waals surface area contributed by atoms with Crippen LogP contribution >= 0.6 is 11.3 Å². The molecular weight excluding hydrogens is 346 g/mol. The Kier molecular flexibility index (Phi) is 4.75. The number of methoxy groups -OCH3 is 1. The highest BCUT2D eigenvalue weighted by molar-refractivity contribution is 7.17. The van der Waals surface area contributed by atoms with Crippen LogP contribution in [0.4, 0.5) is 0 Å². The van der Waals surface area contributed by atoms with Crippen molar-refractivity contribution in [3.63, 3.8) is 0 Å². The van der Waals surface area contributed by atoms with Gasteiger partial charge < -0.3 is 14.6 Å². The first-order valence-corrected chi connectivity index (χ1v) is 9.60. The number of rotatable bonds is 6. The van der Waals surface area contributed by atoms with Gasteiger partial charge >= 0.3 is 0 Å². The van der Waals surface area contributed by atoms with Crippen molar-refractivity contribution in [3.05, 3.63) is 59.0 Å². The van der Waals surface area contributed by atoms with Crippen LogP contribution in [-0.4, -0.2) is 29.1 Å². The first-order valence-electron chi connectivity index (χ1n) is 8.78. The van der Waals surface area contributed by atoms with E-state index in [9.17, 15) is 4.79 Å². The second-order valence-electron chi connectivity index (χ2n) is 6.40. The van der Waals surface area contributed by atoms with E-state index in [4.69, 9.17) is 4.74 Å². The number of aryl methyl sites for hydroxylation is 3. The maximum absolute atomic E-state index is 12.5. The van der Waals surface area contributed by atoms with Gasteiger partial charge in [-0.25, -0.2) is 4.98 Å². The van der Waals surface area contributed by atoms with Crippen LogP contribution < -0.4 is 10.1 Å². The van der Waals surface area contributed by atoms with E-state index in [0.717, 1.165) is 36.4 Å². The van der Waals surface area contributed by atoms with E-state index in [-0.39, 0.29) is 5.91 Å². The van der Waals surface area contributed by atoms with Crippen LogP contribution in [0.15, 0.2) is 43.0 Å². The second-order valence-corrected chi connectivity index (χ2v) is 7.45. The largest absolute Gasteiger partial charge is 0.497 e. The average molecular weight is 367 g/mol. The SMILES string of the molecule is COc1ccc2c(c1)CCc1cc(C(=O)NCCCn3ccnc3)sc1-2. The van der Waals surface area contributed by atoms with Gasteiger partial charge in [-0.3, -0.25) is 4.79 Å². The first kappa shape index (κ1) is 16.8. The molecule has 26 heavy (non-hydrogen) atoms. The van der Waals surface area contributed by atoms with E-state index in [2.05, 4.69) is 28.5 Å². The number of nitrogens with one attached hydrogen (secondary N) is 1. The Labute approximate surface area is 156 Å². The monoisotopic (exact) mass is 367 g/mol. The predicted molar refractivity (Wildman–Crippen MR) is 103 cm³/mol. The van der Waals surface area contributed by atoms with Crippen molar-refractivity contribution in [2.24, 2.45) is 0 Å². The maximum Gasteiger partial charge on any atom is 0.261 e. The lowest BCUT2D eigenvalue weighted by Gasteiger charge is -2.16. The summed E-state index contributed by atoms with van der Waals surface area (Å²) in [6.45, 7) is 1.52. The van der Waals surface area contributed by atoms with E-state index >= 15 is 0 Å². The highest BCUT2D eigenvalue weighted by Gasteiger charge is 2.21. The standard InChI is InChI=1S/C20H21N3O2S/c1-25-16-5-6-17-14(11-16)3-4-15-12-18(26-19(15)17)20(24)22-7-2-9-23-10-8-21-13-23/h5-6,8,10-13H,2-4,7,9H2,1H3,(H,22,24). The summed E-state index contributed by atoms with van der Waals surface area (Å²) < 4.78 is 7.34. The van der Waals surface area contributed by atoms with Gasteiger partial charge in [-0.05, 0) is 60.2 Å². The van der Waals surface area contributed by atoms with Crippen molar-refractivity contribution >= 4 is 17.2 Å². The molecule has 0 atom stereocenters. The number of ether oxygens (including phenoxy) is 1. The normalized spacial score (nSPS) is 12.3. The van der Waals surface area contributed by atoms with Gasteiger partial charge in [0.05, 0.1) is 18.3 Å². The molecule has 4 rings (SSSR count). The molecule has 0 saturated carbocycles. The molecule has 1 aliphatic rings. The van der Waals surface area contributed by atoms with Crippen molar-refractivity contribution in [3.8, 4) is 16.2 Å². The molecule has 6 heteroatoms. The average Bonchev–Trinajstić information content (AvgIpc) is 3.34. The first-order chi connectivity index (χ1) is 12.7. The van der Waals surface area contributed by atoms with Crippen molar-refractivity contribution in [2.75, 3.05) is 13.7 Å². The molecule has 0 saturated heterocycles. The van der Waals surface area contributed by atoms with Gasteiger partial charge in [-0.2, -0.15) is 0 Å². The van der Waals surface area contributed by atoms with Crippen molar-refractivity contribution in [2.45, 2.75) is 25.8 Å². The summed E-state index contributed by atoms with van der Waals surface area (Å²) in [5, 5.41) is 3.03. The van der Waals surface area contributed by atoms with E-state index in [1.54, 1.807) is 31.0 Å². The molecule has 0 bridgehead atoms. The second kappa shape index (κ2) is 7.33. The number of nitrogens with zero attached hydrogens (tertiary/aromatic N) is 2. The fraction of sp³-hybridized carbons (Fsp3) is 0.300. The molecule has 2 heterocycles. The zero-order chi connectivity index (χ0) is 17.9. The Hall–Kier alpha value is -2.60. The third kappa shape index (κ3) is 3.37. The van der Waals surface area contributed by atoms with E-state index < -0.39 is 0 Å². The van der Waals surface area contributed by atoms with Crippen LogP contribution in [0, 0.1) is 0 Å². The number of thiophene rings is 1. The number of carbonyl (C=O) groups is 1. The summed E-state index contributed by atoms with van der Waals surface area (Å²) in [5.74, 6) is 0.907. The molecule has 2 aromatic heterocycles. The topological polar surface area (TPSA) is 56.1 Å². The number of hydrogen-bond acceptors (Lipinski definition) is 4. The number of benzene rings is 1. The number of imidazole rings is 1. The van der Waals surface area contributed by atoms with Crippen molar-refractivity contribution in [1.82, 2.24) is 14.9 Å². The quantitative estimate of drug-likeness (QED) is 0.678. The predicted octanol–water partition coefficient (Wildman–Crippen LogP) is 3.54. The lowest BCUT2D eigenvalue weighted by atomic mass is 9.91. The van der Waals surface area contributed by atoms with Gasteiger partial charge in [-0.1, -0.05) is 0 Å². The summed E-state index contributed by atoms with van der Waals surface area (Å²) in [6, 6.07) is 8.26. The molecule has 1 N–H and O–H groups in total. The van der Waals surface area contributed by atoms with Gasteiger partial charge in [0, 0.05) is 30.4 Å². The number of aromatic nitrogens is 2. The number of amides is 1. The molecule has 0 aliphatic heterocycles. The highest BCUT2D eigenvalue weighted by atomic mass is 32.1. The molecule has 1 aliphatic carbocycles. The van der Waals surface area contributed by atoms with Gasteiger partial charge in [0.2, 0.25) is 0 Å².